The summed E-state index contributed by atoms with van der Waals surface area (Å²) in [4.78, 5) is 0. The Morgan fingerprint density at radius 1 is 1.04 bits per heavy atom. The maximum Gasteiger partial charge on any atom is 0.0896 e. The normalized spacial score (nSPS) is 17.2. The Morgan fingerprint density at radius 3 is 2.48 bits per heavy atom. The molecule has 0 saturated carbocycles. The van der Waals surface area contributed by atoms with Gasteiger partial charge in [-0.25, -0.2) is 4.31 Å². The molecule has 6 heteroatoms. The lowest BCUT2D eigenvalue weighted by Crippen LogP contribution is -2.32. The number of nitrogens with zero attached hydrogens (tertiary/aromatic N) is 2. The summed E-state index contributed by atoms with van der Waals surface area (Å²) in [5, 5.41) is 3.10. The van der Waals surface area contributed by atoms with Crippen LogP contribution in [0.25, 0.3) is 0 Å². The van der Waals surface area contributed by atoms with Gasteiger partial charge in [-0.15, -0.1) is 0 Å². The second-order valence-corrected chi connectivity index (χ2v) is 7.46. The molecule has 0 spiro atoms. The molecule has 0 saturated heterocycles. The van der Waals surface area contributed by atoms with Gasteiger partial charge >= 0.3 is 0 Å². The summed E-state index contributed by atoms with van der Waals surface area (Å²) in [6, 6.07) is 15.6. The van der Waals surface area contributed by atoms with E-state index in [0.29, 0.717) is 6.54 Å². The highest BCUT2D eigenvalue weighted by atomic mass is 32.3. The number of benzene rings is 2. The first-order valence-electron chi connectivity index (χ1n) is 7.72. The maximum atomic E-state index is 10.9. The second kappa shape index (κ2) is 6.41. The van der Waals surface area contributed by atoms with Crippen LogP contribution in [0.4, 0.5) is 17.1 Å². The summed E-state index contributed by atoms with van der Waals surface area (Å²) in [6.07, 6.45) is 0.836. The quantitative estimate of drug-likeness (QED) is 0.718. The van der Waals surface area contributed by atoms with Crippen LogP contribution in [0.2, 0.25) is 0 Å². The number of aryl methyl sites for hydroxylation is 1. The number of para-hydroxylation sites is 2. The van der Waals surface area contributed by atoms with E-state index in [1.807, 2.05) is 62.5 Å². The standard InChI is InChI=1S/C17H23N3O2S/c1-14-7-5-8-15(13-14)20-17-10-4-3-9-16(17)19(23(20,21)22)12-6-11-18-2/h3-5,7-10,13,18,21-22H,6,11-12H2,1-2H3. The Labute approximate surface area is 139 Å². The number of nitrogens with one attached hydrogen (secondary N) is 1. The van der Waals surface area contributed by atoms with Crippen LogP contribution in [0.3, 0.4) is 0 Å². The van der Waals surface area contributed by atoms with Crippen molar-refractivity contribution < 1.29 is 9.11 Å². The van der Waals surface area contributed by atoms with Crippen molar-refractivity contribution in [3.63, 3.8) is 0 Å². The zero-order valence-electron chi connectivity index (χ0n) is 13.4. The lowest BCUT2D eigenvalue weighted by atomic mass is 10.2. The number of rotatable bonds is 5. The van der Waals surface area contributed by atoms with Gasteiger partial charge in [0.15, 0.2) is 0 Å². The number of hydrogen-bond donors (Lipinski definition) is 3. The minimum absolute atomic E-state index is 0.586. The van der Waals surface area contributed by atoms with Crippen molar-refractivity contribution >= 4 is 28.0 Å². The zero-order chi connectivity index (χ0) is 16.4. The molecule has 1 aliphatic heterocycles. The third-order valence-electron chi connectivity index (χ3n) is 3.93. The van der Waals surface area contributed by atoms with E-state index in [-0.39, 0.29) is 0 Å². The summed E-state index contributed by atoms with van der Waals surface area (Å²) in [5.74, 6) is 0. The van der Waals surface area contributed by atoms with Crippen LogP contribution in [-0.4, -0.2) is 29.2 Å². The van der Waals surface area contributed by atoms with Gasteiger partial charge in [0.25, 0.3) is 0 Å². The first kappa shape index (κ1) is 16.1. The van der Waals surface area contributed by atoms with Crippen molar-refractivity contribution in [3.05, 3.63) is 54.1 Å². The molecule has 0 bridgehead atoms. The molecule has 0 aliphatic carbocycles. The fraction of sp³-hybridized carbons (Fsp3) is 0.294. The second-order valence-electron chi connectivity index (χ2n) is 5.67. The fourth-order valence-electron chi connectivity index (χ4n) is 2.89. The topological polar surface area (TPSA) is 59.0 Å². The predicted octanol–water partition coefficient (Wildman–Crippen LogP) is 4.14. The molecule has 0 amide bonds. The summed E-state index contributed by atoms with van der Waals surface area (Å²) in [6.45, 7) is 3.42. The Bertz CT molecular complexity index is 693. The molecule has 23 heavy (non-hydrogen) atoms. The van der Waals surface area contributed by atoms with Crippen LogP contribution in [0.15, 0.2) is 48.5 Å². The molecule has 2 aromatic carbocycles. The van der Waals surface area contributed by atoms with E-state index >= 15 is 0 Å². The zero-order valence-corrected chi connectivity index (χ0v) is 14.3. The summed E-state index contributed by atoms with van der Waals surface area (Å²) >= 11 is 0. The highest BCUT2D eigenvalue weighted by Crippen LogP contribution is 2.63. The molecule has 0 aromatic heterocycles. The van der Waals surface area contributed by atoms with Crippen LogP contribution >= 0.6 is 11.0 Å². The number of hydrogen-bond acceptors (Lipinski definition) is 5. The van der Waals surface area contributed by atoms with Gasteiger partial charge in [-0.1, -0.05) is 24.3 Å². The van der Waals surface area contributed by atoms with Crippen molar-refractivity contribution in [1.29, 1.82) is 0 Å². The van der Waals surface area contributed by atoms with Gasteiger partial charge in [0.1, 0.15) is 0 Å². The lowest BCUT2D eigenvalue weighted by molar-refractivity contribution is 0.483. The molecule has 3 rings (SSSR count). The average Bonchev–Trinajstić information content (AvgIpc) is 2.74. The smallest absolute Gasteiger partial charge is 0.0896 e. The molecular weight excluding hydrogens is 310 g/mol. The molecule has 0 radical (unpaired) electrons. The first-order chi connectivity index (χ1) is 11.1. The summed E-state index contributed by atoms with van der Waals surface area (Å²) < 4.78 is 25.3. The Morgan fingerprint density at radius 2 is 1.78 bits per heavy atom. The lowest BCUT2D eigenvalue weighted by Gasteiger charge is -2.44. The van der Waals surface area contributed by atoms with Gasteiger partial charge in [0, 0.05) is 6.54 Å². The third-order valence-corrected chi connectivity index (χ3v) is 5.80. The van der Waals surface area contributed by atoms with Gasteiger partial charge in [-0.3, -0.25) is 13.4 Å². The van der Waals surface area contributed by atoms with Gasteiger partial charge in [0.05, 0.1) is 17.1 Å². The van der Waals surface area contributed by atoms with Gasteiger partial charge in [-0.2, -0.15) is 0 Å². The predicted molar refractivity (Wildman–Crippen MR) is 98.5 cm³/mol. The molecule has 5 nitrogen and oxygen atoms in total. The van der Waals surface area contributed by atoms with E-state index in [0.717, 1.165) is 35.6 Å². The molecule has 0 fully saturated rings. The van der Waals surface area contributed by atoms with Crippen molar-refractivity contribution in [2.75, 3.05) is 28.7 Å². The van der Waals surface area contributed by atoms with Gasteiger partial charge in [0.2, 0.25) is 0 Å². The fourth-order valence-corrected chi connectivity index (χ4v) is 4.69. The molecule has 1 aliphatic rings. The van der Waals surface area contributed by atoms with E-state index in [2.05, 4.69) is 5.32 Å². The van der Waals surface area contributed by atoms with E-state index in [1.165, 1.54) is 0 Å². The van der Waals surface area contributed by atoms with Crippen LogP contribution in [-0.2, 0) is 0 Å². The largest absolute Gasteiger partial charge is 0.320 e. The number of fused-ring (bicyclic) bond motifs is 1. The van der Waals surface area contributed by atoms with Crippen molar-refractivity contribution in [3.8, 4) is 0 Å². The number of anilines is 3. The van der Waals surface area contributed by atoms with Gasteiger partial charge in [-0.05, 0) is 67.7 Å². The van der Waals surface area contributed by atoms with E-state index in [9.17, 15) is 9.11 Å². The molecular formula is C17H23N3O2S. The molecule has 124 valence electrons. The van der Waals surface area contributed by atoms with E-state index in [4.69, 9.17) is 0 Å². The van der Waals surface area contributed by atoms with E-state index < -0.39 is 11.0 Å². The SMILES string of the molecule is CNCCCN1c2ccccc2N(c2cccc(C)c2)S1(O)O. The third kappa shape index (κ3) is 2.90. The van der Waals surface area contributed by atoms with Crippen LogP contribution in [0, 0.1) is 6.92 Å². The van der Waals surface area contributed by atoms with Crippen LogP contribution in [0.1, 0.15) is 12.0 Å². The average molecular weight is 333 g/mol. The highest BCUT2D eigenvalue weighted by Gasteiger charge is 2.41. The molecule has 1 heterocycles. The summed E-state index contributed by atoms with van der Waals surface area (Å²) in [5.41, 5.74) is 3.59. The highest BCUT2D eigenvalue weighted by molar-refractivity contribution is 8.27. The Balaban J connectivity index is 2.03. The van der Waals surface area contributed by atoms with Crippen molar-refractivity contribution in [2.24, 2.45) is 0 Å². The van der Waals surface area contributed by atoms with Crippen molar-refractivity contribution in [1.82, 2.24) is 5.32 Å². The molecule has 2 aromatic rings. The minimum atomic E-state index is -3.10. The maximum absolute atomic E-state index is 10.9. The molecule has 0 unspecified atom stereocenters. The Hall–Kier alpha value is -1.73. The van der Waals surface area contributed by atoms with Gasteiger partial charge < -0.3 is 5.32 Å². The first-order valence-corrected chi connectivity index (χ1v) is 9.18. The minimum Gasteiger partial charge on any atom is -0.320 e. The molecule has 3 N–H and O–H groups in total. The van der Waals surface area contributed by atoms with Crippen molar-refractivity contribution in [2.45, 2.75) is 13.3 Å². The summed E-state index contributed by atoms with van der Waals surface area (Å²) in [7, 11) is -1.20. The Kier molecular flexibility index (Phi) is 4.50. The van der Waals surface area contributed by atoms with Crippen LogP contribution < -0.4 is 13.9 Å². The van der Waals surface area contributed by atoms with E-state index in [1.54, 1.807) is 8.61 Å². The molecule has 0 atom stereocenters. The van der Waals surface area contributed by atoms with Crippen LogP contribution in [0.5, 0.6) is 0 Å². The monoisotopic (exact) mass is 333 g/mol.